The Hall–Kier alpha value is -1.77. The van der Waals surface area contributed by atoms with Crippen LogP contribution >= 0.6 is 0 Å². The van der Waals surface area contributed by atoms with E-state index in [2.05, 4.69) is 11.2 Å². The third-order valence-electron chi connectivity index (χ3n) is 1.59. The SMILES string of the molecule is [C]1=CCN(Oc2ccccc2)C=N1. The quantitative estimate of drug-likeness (QED) is 0.679. The Kier molecular flexibility index (Phi) is 2.27. The molecule has 2 rings (SSSR count). The molecule has 0 bridgehead atoms. The first kappa shape index (κ1) is 7.86. The van der Waals surface area contributed by atoms with Gasteiger partial charge in [-0.3, -0.25) is 0 Å². The normalized spacial score (nSPS) is 14.6. The topological polar surface area (TPSA) is 24.8 Å². The van der Waals surface area contributed by atoms with E-state index in [1.165, 1.54) is 0 Å². The Morgan fingerprint density at radius 1 is 1.31 bits per heavy atom. The molecule has 1 aliphatic heterocycles. The van der Waals surface area contributed by atoms with Gasteiger partial charge in [0.1, 0.15) is 6.34 Å². The highest BCUT2D eigenvalue weighted by molar-refractivity contribution is 5.55. The van der Waals surface area contributed by atoms with Crippen LogP contribution in [0.15, 0.2) is 41.4 Å². The molecule has 13 heavy (non-hydrogen) atoms. The zero-order chi connectivity index (χ0) is 8.93. The van der Waals surface area contributed by atoms with E-state index in [1.54, 1.807) is 11.4 Å². The van der Waals surface area contributed by atoms with Crippen LogP contribution in [0.2, 0.25) is 0 Å². The monoisotopic (exact) mass is 173 g/mol. The van der Waals surface area contributed by atoms with Crippen molar-refractivity contribution in [2.75, 3.05) is 6.54 Å². The van der Waals surface area contributed by atoms with Gasteiger partial charge in [-0.1, -0.05) is 18.2 Å². The first-order valence-corrected chi connectivity index (χ1v) is 4.05. The summed E-state index contributed by atoms with van der Waals surface area (Å²) in [6.45, 7) is 0.679. The summed E-state index contributed by atoms with van der Waals surface area (Å²) in [4.78, 5) is 9.29. The smallest absolute Gasteiger partial charge is 0.155 e. The summed E-state index contributed by atoms with van der Waals surface area (Å²) in [5, 5.41) is 1.64. The van der Waals surface area contributed by atoms with Gasteiger partial charge in [0.05, 0.1) is 12.7 Å². The number of hydrogen-bond donors (Lipinski definition) is 0. The van der Waals surface area contributed by atoms with Crippen LogP contribution in [0.4, 0.5) is 0 Å². The summed E-state index contributed by atoms with van der Waals surface area (Å²) >= 11 is 0. The van der Waals surface area contributed by atoms with E-state index in [0.717, 1.165) is 5.75 Å². The second kappa shape index (κ2) is 3.76. The first-order chi connectivity index (χ1) is 6.45. The van der Waals surface area contributed by atoms with Gasteiger partial charge in [-0.2, -0.15) is 5.06 Å². The van der Waals surface area contributed by atoms with Crippen LogP contribution in [0.3, 0.4) is 0 Å². The van der Waals surface area contributed by atoms with E-state index >= 15 is 0 Å². The lowest BCUT2D eigenvalue weighted by atomic mass is 10.3. The maximum atomic E-state index is 5.47. The van der Waals surface area contributed by atoms with Crippen LogP contribution in [0.1, 0.15) is 0 Å². The van der Waals surface area contributed by atoms with Crippen LogP contribution in [0, 0.1) is 6.20 Å². The summed E-state index contributed by atoms with van der Waals surface area (Å²) in [5.41, 5.74) is 0. The van der Waals surface area contributed by atoms with Gasteiger partial charge in [0.15, 0.2) is 5.75 Å². The minimum Gasteiger partial charge on any atom is -0.378 e. The summed E-state index contributed by atoms with van der Waals surface area (Å²) in [6.07, 6.45) is 6.14. The standard InChI is InChI=1S/C10H9N2O/c1-2-5-10(6-3-1)13-12-8-4-7-11-9-12/h1-6,9H,8H2. The van der Waals surface area contributed by atoms with Gasteiger partial charge in [-0.15, -0.1) is 0 Å². The van der Waals surface area contributed by atoms with Gasteiger partial charge in [-0.05, 0) is 18.2 Å². The molecule has 1 aromatic rings. The van der Waals surface area contributed by atoms with Crippen LogP contribution in [0.25, 0.3) is 0 Å². The number of nitrogens with zero attached hydrogens (tertiary/aromatic N) is 2. The molecule has 3 heteroatoms. The molecule has 65 valence electrons. The molecule has 0 aromatic heterocycles. The first-order valence-electron chi connectivity index (χ1n) is 4.05. The molecule has 0 fully saturated rings. The lowest BCUT2D eigenvalue weighted by Crippen LogP contribution is -2.27. The minimum atomic E-state index is 0.679. The summed E-state index contributed by atoms with van der Waals surface area (Å²) in [6, 6.07) is 9.60. The largest absolute Gasteiger partial charge is 0.378 e. The molecule has 0 N–H and O–H groups in total. The van der Waals surface area contributed by atoms with Crippen molar-refractivity contribution in [3.63, 3.8) is 0 Å². The summed E-state index contributed by atoms with van der Waals surface area (Å²) in [5.74, 6) is 0.809. The Balaban J connectivity index is 1.99. The molecule has 0 saturated heterocycles. The number of benzene rings is 1. The molecule has 1 aliphatic rings. The molecular formula is C10H9N2O. The molecule has 0 aliphatic carbocycles. The van der Waals surface area contributed by atoms with Crippen molar-refractivity contribution >= 4 is 6.34 Å². The number of hydrogen-bond acceptors (Lipinski definition) is 3. The van der Waals surface area contributed by atoms with E-state index in [9.17, 15) is 0 Å². The summed E-state index contributed by atoms with van der Waals surface area (Å²) < 4.78 is 0. The maximum absolute atomic E-state index is 5.47. The number of aliphatic imine (C=N–C) groups is 1. The Morgan fingerprint density at radius 2 is 2.15 bits per heavy atom. The second-order valence-electron chi connectivity index (χ2n) is 2.58. The van der Waals surface area contributed by atoms with E-state index < -0.39 is 0 Å². The van der Waals surface area contributed by atoms with Gasteiger partial charge in [0, 0.05) is 0 Å². The van der Waals surface area contributed by atoms with Crippen molar-refractivity contribution in [3.8, 4) is 5.75 Å². The van der Waals surface area contributed by atoms with Gasteiger partial charge in [0.2, 0.25) is 0 Å². The Bertz CT molecular complexity index is 319. The predicted octanol–water partition coefficient (Wildman–Crippen LogP) is 1.64. The third-order valence-corrected chi connectivity index (χ3v) is 1.59. The highest BCUT2D eigenvalue weighted by atomic mass is 16.7. The maximum Gasteiger partial charge on any atom is 0.155 e. The average molecular weight is 173 g/mol. The van der Waals surface area contributed by atoms with Crippen molar-refractivity contribution in [3.05, 3.63) is 42.6 Å². The second-order valence-corrected chi connectivity index (χ2v) is 2.58. The zero-order valence-electron chi connectivity index (χ0n) is 7.05. The molecule has 0 saturated carbocycles. The lowest BCUT2D eigenvalue weighted by molar-refractivity contribution is 0.0359. The van der Waals surface area contributed by atoms with Crippen molar-refractivity contribution < 1.29 is 4.84 Å². The molecule has 1 aromatic carbocycles. The van der Waals surface area contributed by atoms with Crippen LogP contribution in [-0.4, -0.2) is 17.9 Å². The Morgan fingerprint density at radius 3 is 2.85 bits per heavy atom. The fourth-order valence-electron chi connectivity index (χ4n) is 1.01. The van der Waals surface area contributed by atoms with E-state index in [-0.39, 0.29) is 0 Å². The highest BCUT2D eigenvalue weighted by Crippen LogP contribution is 2.10. The average Bonchev–Trinajstić information content (AvgIpc) is 2.21. The van der Waals surface area contributed by atoms with Gasteiger partial charge in [-0.25, -0.2) is 4.99 Å². The summed E-state index contributed by atoms with van der Waals surface area (Å²) in [7, 11) is 0. The van der Waals surface area contributed by atoms with Gasteiger partial charge >= 0.3 is 0 Å². The molecule has 3 nitrogen and oxygen atoms in total. The van der Waals surface area contributed by atoms with Crippen molar-refractivity contribution in [1.82, 2.24) is 5.06 Å². The van der Waals surface area contributed by atoms with Gasteiger partial charge in [0.25, 0.3) is 0 Å². The fraction of sp³-hybridized carbons (Fsp3) is 0.100. The number of hydroxylamine groups is 2. The minimum absolute atomic E-state index is 0.679. The van der Waals surface area contributed by atoms with Crippen LogP contribution in [0.5, 0.6) is 5.75 Å². The van der Waals surface area contributed by atoms with Crippen molar-refractivity contribution in [2.24, 2.45) is 4.99 Å². The molecule has 1 radical (unpaired) electrons. The van der Waals surface area contributed by atoms with E-state index in [0.29, 0.717) is 6.54 Å². The molecule has 0 amide bonds. The zero-order valence-corrected chi connectivity index (χ0v) is 7.05. The van der Waals surface area contributed by atoms with Crippen LogP contribution < -0.4 is 4.84 Å². The highest BCUT2D eigenvalue weighted by Gasteiger charge is 2.01. The molecule has 1 heterocycles. The van der Waals surface area contributed by atoms with Crippen molar-refractivity contribution in [1.29, 1.82) is 0 Å². The lowest BCUT2D eigenvalue weighted by Gasteiger charge is -2.18. The van der Waals surface area contributed by atoms with E-state index in [1.807, 2.05) is 36.4 Å². The molecule has 0 spiro atoms. The van der Waals surface area contributed by atoms with Gasteiger partial charge < -0.3 is 4.84 Å². The molecule has 0 unspecified atom stereocenters. The van der Waals surface area contributed by atoms with Crippen molar-refractivity contribution in [2.45, 2.75) is 0 Å². The predicted molar refractivity (Wildman–Crippen MR) is 50.1 cm³/mol. The fourth-order valence-corrected chi connectivity index (χ4v) is 1.01. The van der Waals surface area contributed by atoms with E-state index in [4.69, 9.17) is 4.84 Å². The van der Waals surface area contributed by atoms with Crippen LogP contribution in [-0.2, 0) is 0 Å². The third kappa shape index (κ3) is 2.08. The molecule has 0 atom stereocenters. The molecular weight excluding hydrogens is 164 g/mol. The Labute approximate surface area is 76.9 Å². The number of rotatable bonds is 2. The number of para-hydroxylation sites is 1.